The first-order chi connectivity index (χ1) is 8.84. The van der Waals surface area contributed by atoms with Crippen LogP contribution in [0.1, 0.15) is 23.3 Å². The van der Waals surface area contributed by atoms with Crippen molar-refractivity contribution in [3.05, 3.63) is 42.3 Å². The van der Waals surface area contributed by atoms with E-state index in [-0.39, 0.29) is 5.91 Å². The molecule has 4 heteroatoms. The molecule has 1 amide bonds. The highest BCUT2D eigenvalue weighted by Crippen LogP contribution is 2.19. The molecule has 1 fully saturated rings. The first-order valence-electron chi connectivity index (χ1n) is 6.15. The standard InChI is InChI=1S/C14H14N2O2/c17-14(16-8-4-5-9-16)12-10-18-13(15-12)11-6-2-1-3-7-11/h1-3,6-7,10H,4-5,8-9H2. The van der Waals surface area contributed by atoms with Crippen LogP contribution >= 0.6 is 0 Å². The number of amides is 1. The summed E-state index contributed by atoms with van der Waals surface area (Å²) in [7, 11) is 0. The van der Waals surface area contributed by atoms with Gasteiger partial charge in [0.25, 0.3) is 5.91 Å². The Bertz CT molecular complexity index is 542. The van der Waals surface area contributed by atoms with Gasteiger partial charge in [0, 0.05) is 18.7 Å². The Balaban J connectivity index is 1.83. The molecule has 18 heavy (non-hydrogen) atoms. The number of carbonyl (C=O) groups is 1. The van der Waals surface area contributed by atoms with Gasteiger partial charge in [-0.1, -0.05) is 18.2 Å². The topological polar surface area (TPSA) is 46.3 Å². The van der Waals surface area contributed by atoms with E-state index in [0.717, 1.165) is 31.5 Å². The van der Waals surface area contributed by atoms with Crippen LogP contribution in [-0.4, -0.2) is 28.9 Å². The zero-order valence-electron chi connectivity index (χ0n) is 10.0. The Hall–Kier alpha value is -2.10. The Morgan fingerprint density at radius 2 is 1.89 bits per heavy atom. The second kappa shape index (κ2) is 4.64. The molecule has 0 spiro atoms. The van der Waals surface area contributed by atoms with E-state index in [1.165, 1.54) is 6.26 Å². The van der Waals surface area contributed by atoms with Crippen molar-refractivity contribution in [1.82, 2.24) is 9.88 Å². The summed E-state index contributed by atoms with van der Waals surface area (Å²) in [6, 6.07) is 9.59. The van der Waals surface area contributed by atoms with Gasteiger partial charge in [-0.25, -0.2) is 4.98 Å². The molecule has 1 aromatic heterocycles. The quantitative estimate of drug-likeness (QED) is 0.813. The number of oxazole rings is 1. The van der Waals surface area contributed by atoms with Crippen molar-refractivity contribution >= 4 is 5.91 Å². The first kappa shape index (κ1) is 11.0. The van der Waals surface area contributed by atoms with Gasteiger partial charge in [-0.05, 0) is 25.0 Å². The molecule has 1 aromatic carbocycles. The third kappa shape index (κ3) is 2.01. The molecule has 0 saturated carbocycles. The maximum atomic E-state index is 12.1. The highest BCUT2D eigenvalue weighted by Gasteiger charge is 2.22. The molecule has 0 aliphatic carbocycles. The average molecular weight is 242 g/mol. The Labute approximate surface area is 105 Å². The molecule has 0 atom stereocenters. The lowest BCUT2D eigenvalue weighted by molar-refractivity contribution is 0.0787. The van der Waals surface area contributed by atoms with Gasteiger partial charge in [0.1, 0.15) is 6.26 Å². The molecule has 3 rings (SSSR count). The van der Waals surface area contributed by atoms with Crippen LogP contribution in [0.15, 0.2) is 41.0 Å². The number of nitrogens with zero attached hydrogens (tertiary/aromatic N) is 2. The van der Waals surface area contributed by atoms with Gasteiger partial charge in [0.15, 0.2) is 5.69 Å². The maximum Gasteiger partial charge on any atom is 0.275 e. The third-order valence-corrected chi connectivity index (χ3v) is 3.14. The van der Waals surface area contributed by atoms with E-state index in [4.69, 9.17) is 4.42 Å². The van der Waals surface area contributed by atoms with Gasteiger partial charge >= 0.3 is 0 Å². The molecule has 1 aliphatic rings. The van der Waals surface area contributed by atoms with E-state index >= 15 is 0 Å². The molecular formula is C14H14N2O2. The van der Waals surface area contributed by atoms with Crippen LogP contribution in [0.25, 0.3) is 11.5 Å². The summed E-state index contributed by atoms with van der Waals surface area (Å²) in [5, 5.41) is 0. The van der Waals surface area contributed by atoms with Crippen molar-refractivity contribution < 1.29 is 9.21 Å². The Kier molecular flexibility index (Phi) is 2.84. The smallest absolute Gasteiger partial charge is 0.275 e. The maximum absolute atomic E-state index is 12.1. The van der Waals surface area contributed by atoms with E-state index in [1.807, 2.05) is 35.2 Å². The van der Waals surface area contributed by atoms with Gasteiger partial charge in [0.2, 0.25) is 5.89 Å². The number of carbonyl (C=O) groups excluding carboxylic acids is 1. The molecule has 2 aromatic rings. The summed E-state index contributed by atoms with van der Waals surface area (Å²) in [6.07, 6.45) is 3.60. The van der Waals surface area contributed by atoms with E-state index in [9.17, 15) is 4.79 Å². The summed E-state index contributed by atoms with van der Waals surface area (Å²) in [4.78, 5) is 18.2. The van der Waals surface area contributed by atoms with Gasteiger partial charge in [-0.2, -0.15) is 0 Å². The van der Waals surface area contributed by atoms with Crippen molar-refractivity contribution in [2.24, 2.45) is 0 Å². The molecule has 0 radical (unpaired) electrons. The summed E-state index contributed by atoms with van der Waals surface area (Å²) >= 11 is 0. The molecule has 1 aliphatic heterocycles. The minimum atomic E-state index is -0.0292. The predicted molar refractivity (Wildman–Crippen MR) is 67.1 cm³/mol. The van der Waals surface area contributed by atoms with E-state index < -0.39 is 0 Å². The van der Waals surface area contributed by atoms with Crippen LogP contribution in [0.5, 0.6) is 0 Å². The zero-order valence-corrected chi connectivity index (χ0v) is 10.0. The molecule has 0 unspecified atom stereocenters. The Morgan fingerprint density at radius 1 is 1.17 bits per heavy atom. The van der Waals surface area contributed by atoms with Gasteiger partial charge in [0.05, 0.1) is 0 Å². The average Bonchev–Trinajstić information content (AvgIpc) is 3.10. The van der Waals surface area contributed by atoms with Crippen LogP contribution < -0.4 is 0 Å². The SMILES string of the molecule is O=C(c1coc(-c2ccccc2)n1)N1CCCC1. The fourth-order valence-corrected chi connectivity index (χ4v) is 2.17. The van der Waals surface area contributed by atoms with Crippen LogP contribution in [-0.2, 0) is 0 Å². The normalized spacial score (nSPS) is 15.0. The minimum Gasteiger partial charge on any atom is -0.444 e. The van der Waals surface area contributed by atoms with Crippen LogP contribution in [0.3, 0.4) is 0 Å². The molecule has 0 N–H and O–H groups in total. The second-order valence-corrected chi connectivity index (χ2v) is 4.40. The number of hydrogen-bond donors (Lipinski definition) is 0. The van der Waals surface area contributed by atoms with Crippen molar-refractivity contribution in [3.8, 4) is 11.5 Å². The fraction of sp³-hybridized carbons (Fsp3) is 0.286. The molecule has 4 nitrogen and oxygen atoms in total. The van der Waals surface area contributed by atoms with Crippen molar-refractivity contribution in [3.63, 3.8) is 0 Å². The predicted octanol–water partition coefficient (Wildman–Crippen LogP) is 2.58. The van der Waals surface area contributed by atoms with Crippen LogP contribution in [0.4, 0.5) is 0 Å². The zero-order chi connectivity index (χ0) is 12.4. The highest BCUT2D eigenvalue weighted by molar-refractivity contribution is 5.92. The third-order valence-electron chi connectivity index (χ3n) is 3.14. The first-order valence-corrected chi connectivity index (χ1v) is 6.15. The van der Waals surface area contributed by atoms with Crippen LogP contribution in [0.2, 0.25) is 0 Å². The van der Waals surface area contributed by atoms with Gasteiger partial charge in [-0.3, -0.25) is 4.79 Å². The van der Waals surface area contributed by atoms with Crippen molar-refractivity contribution in [2.45, 2.75) is 12.8 Å². The number of rotatable bonds is 2. The highest BCUT2D eigenvalue weighted by atomic mass is 16.3. The lowest BCUT2D eigenvalue weighted by Crippen LogP contribution is -2.27. The summed E-state index contributed by atoms with van der Waals surface area (Å²) in [6.45, 7) is 1.65. The second-order valence-electron chi connectivity index (χ2n) is 4.40. The van der Waals surface area contributed by atoms with Crippen molar-refractivity contribution in [1.29, 1.82) is 0 Å². The molecule has 1 saturated heterocycles. The molecule has 2 heterocycles. The van der Waals surface area contributed by atoms with Gasteiger partial charge < -0.3 is 9.32 Å². The molecule has 92 valence electrons. The largest absolute Gasteiger partial charge is 0.444 e. The number of likely N-dealkylation sites (tertiary alicyclic amines) is 1. The lowest BCUT2D eigenvalue weighted by Gasteiger charge is -2.12. The van der Waals surface area contributed by atoms with E-state index in [2.05, 4.69) is 4.98 Å². The minimum absolute atomic E-state index is 0.0292. The van der Waals surface area contributed by atoms with Gasteiger partial charge in [-0.15, -0.1) is 0 Å². The molecule has 0 bridgehead atoms. The van der Waals surface area contributed by atoms with E-state index in [1.54, 1.807) is 0 Å². The number of hydrogen-bond acceptors (Lipinski definition) is 3. The van der Waals surface area contributed by atoms with E-state index in [0.29, 0.717) is 11.6 Å². The Morgan fingerprint density at radius 3 is 2.61 bits per heavy atom. The fourth-order valence-electron chi connectivity index (χ4n) is 2.17. The summed E-state index contributed by atoms with van der Waals surface area (Å²) < 4.78 is 5.37. The monoisotopic (exact) mass is 242 g/mol. The summed E-state index contributed by atoms with van der Waals surface area (Å²) in [5.41, 5.74) is 1.29. The molecular weight excluding hydrogens is 228 g/mol. The van der Waals surface area contributed by atoms with Crippen molar-refractivity contribution in [2.75, 3.05) is 13.1 Å². The number of benzene rings is 1. The lowest BCUT2D eigenvalue weighted by atomic mass is 10.2. The number of aromatic nitrogens is 1. The van der Waals surface area contributed by atoms with Crippen LogP contribution in [0, 0.1) is 0 Å². The summed E-state index contributed by atoms with van der Waals surface area (Å²) in [5.74, 6) is 0.469.